The lowest BCUT2D eigenvalue weighted by molar-refractivity contribution is -0.139. The summed E-state index contributed by atoms with van der Waals surface area (Å²) in [7, 11) is 0. The lowest BCUT2D eigenvalue weighted by Gasteiger charge is -2.33. The zero-order chi connectivity index (χ0) is 20.1. The molecule has 3 heterocycles. The Labute approximate surface area is 171 Å². The average molecular weight is 393 g/mol. The minimum Gasteiger partial charge on any atom is -0.480 e. The van der Waals surface area contributed by atoms with Gasteiger partial charge in [0.05, 0.1) is 0 Å². The number of aromatic nitrogens is 1. The standard InChI is InChI=1S/C23H27N3O3/c27-22(25-16-18-4-3-11-24-15-18)8-7-17-9-12-26(13-10-17)23(28)21-14-19-5-1-2-6-20(19)29-21/h1-6,11,15,17,21H,7-10,12-14,16H2,(H,25,27). The van der Waals surface area contributed by atoms with Crippen LogP contribution >= 0.6 is 0 Å². The van der Waals surface area contributed by atoms with Crippen molar-refractivity contribution in [3.63, 3.8) is 0 Å². The van der Waals surface area contributed by atoms with Crippen molar-refractivity contribution in [3.8, 4) is 5.75 Å². The molecule has 4 rings (SSSR count). The van der Waals surface area contributed by atoms with Crippen LogP contribution < -0.4 is 10.1 Å². The number of hydrogen-bond acceptors (Lipinski definition) is 4. The van der Waals surface area contributed by atoms with E-state index in [0.29, 0.717) is 25.3 Å². The lowest BCUT2D eigenvalue weighted by atomic mass is 9.91. The number of piperidine rings is 1. The maximum absolute atomic E-state index is 12.8. The number of hydrogen-bond donors (Lipinski definition) is 1. The Kier molecular flexibility index (Phi) is 6.08. The summed E-state index contributed by atoms with van der Waals surface area (Å²) < 4.78 is 5.84. The van der Waals surface area contributed by atoms with Crippen LogP contribution in [0.5, 0.6) is 5.75 Å². The molecule has 1 aromatic carbocycles. The molecular weight excluding hydrogens is 366 g/mol. The van der Waals surface area contributed by atoms with E-state index in [1.54, 1.807) is 12.4 Å². The molecule has 1 saturated heterocycles. The molecule has 6 heteroatoms. The molecule has 0 saturated carbocycles. The molecule has 2 aromatic rings. The second-order valence-corrected chi connectivity index (χ2v) is 7.86. The number of carbonyl (C=O) groups excluding carboxylic acids is 2. The van der Waals surface area contributed by atoms with Gasteiger partial charge >= 0.3 is 0 Å². The largest absolute Gasteiger partial charge is 0.480 e. The van der Waals surface area contributed by atoms with Crippen molar-refractivity contribution in [2.24, 2.45) is 5.92 Å². The van der Waals surface area contributed by atoms with Gasteiger partial charge in [-0.25, -0.2) is 0 Å². The van der Waals surface area contributed by atoms with Gasteiger partial charge in [0.1, 0.15) is 5.75 Å². The number of benzene rings is 1. The summed E-state index contributed by atoms with van der Waals surface area (Å²) in [6.45, 7) is 2.01. The molecule has 152 valence electrons. The predicted molar refractivity (Wildman–Crippen MR) is 109 cm³/mol. The molecule has 1 aromatic heterocycles. The number of ether oxygens (including phenoxy) is 1. The van der Waals surface area contributed by atoms with Gasteiger partial charge in [-0.3, -0.25) is 14.6 Å². The first-order valence-corrected chi connectivity index (χ1v) is 10.4. The third kappa shape index (κ3) is 4.94. The molecule has 0 bridgehead atoms. The van der Waals surface area contributed by atoms with E-state index >= 15 is 0 Å². The SMILES string of the molecule is O=C(CCC1CCN(C(=O)C2Cc3ccccc3O2)CC1)NCc1cccnc1. The highest BCUT2D eigenvalue weighted by Crippen LogP contribution is 2.30. The fourth-order valence-electron chi connectivity index (χ4n) is 4.09. The first-order valence-electron chi connectivity index (χ1n) is 10.4. The van der Waals surface area contributed by atoms with E-state index in [4.69, 9.17) is 4.74 Å². The van der Waals surface area contributed by atoms with Crippen LogP contribution in [0.3, 0.4) is 0 Å². The van der Waals surface area contributed by atoms with Crippen LogP contribution in [0, 0.1) is 5.92 Å². The number of rotatable bonds is 6. The summed E-state index contributed by atoms with van der Waals surface area (Å²) in [6, 6.07) is 11.7. The van der Waals surface area contributed by atoms with Crippen LogP contribution in [0.1, 0.15) is 36.8 Å². The lowest BCUT2D eigenvalue weighted by Crippen LogP contribution is -2.45. The smallest absolute Gasteiger partial charge is 0.263 e. The van der Waals surface area contributed by atoms with Gasteiger partial charge < -0.3 is 15.0 Å². The van der Waals surface area contributed by atoms with E-state index in [1.165, 1.54) is 0 Å². The summed E-state index contributed by atoms with van der Waals surface area (Å²) in [4.78, 5) is 30.9. The van der Waals surface area contributed by atoms with Gasteiger partial charge in [0.2, 0.25) is 5.91 Å². The number of pyridine rings is 1. The van der Waals surface area contributed by atoms with Gasteiger partial charge in [-0.1, -0.05) is 24.3 Å². The first kappa shape index (κ1) is 19.4. The molecule has 2 amide bonds. The van der Waals surface area contributed by atoms with Gasteiger partial charge in [-0.15, -0.1) is 0 Å². The van der Waals surface area contributed by atoms with Crippen LogP contribution in [0.25, 0.3) is 0 Å². The number of nitrogens with one attached hydrogen (secondary N) is 1. The fraction of sp³-hybridized carbons (Fsp3) is 0.435. The first-order chi connectivity index (χ1) is 14.2. The highest BCUT2D eigenvalue weighted by atomic mass is 16.5. The second-order valence-electron chi connectivity index (χ2n) is 7.86. The summed E-state index contributed by atoms with van der Waals surface area (Å²) >= 11 is 0. The Morgan fingerprint density at radius 3 is 2.72 bits per heavy atom. The summed E-state index contributed by atoms with van der Waals surface area (Å²) in [5, 5.41) is 2.95. The van der Waals surface area contributed by atoms with E-state index in [2.05, 4.69) is 10.3 Å². The molecule has 2 aliphatic heterocycles. The average Bonchev–Trinajstić information content (AvgIpc) is 3.21. The minimum absolute atomic E-state index is 0.0736. The minimum atomic E-state index is -0.387. The van der Waals surface area contributed by atoms with Crippen molar-refractivity contribution >= 4 is 11.8 Å². The van der Waals surface area contributed by atoms with Crippen LogP contribution in [0.15, 0.2) is 48.8 Å². The van der Waals surface area contributed by atoms with Gasteiger partial charge in [-0.2, -0.15) is 0 Å². The van der Waals surface area contributed by atoms with Crippen molar-refractivity contribution in [2.45, 2.75) is 44.8 Å². The van der Waals surface area contributed by atoms with E-state index in [-0.39, 0.29) is 17.9 Å². The molecule has 29 heavy (non-hydrogen) atoms. The summed E-state index contributed by atoms with van der Waals surface area (Å²) in [5.74, 6) is 1.49. The van der Waals surface area contributed by atoms with E-state index in [0.717, 1.165) is 49.2 Å². The Morgan fingerprint density at radius 1 is 1.14 bits per heavy atom. The Balaban J connectivity index is 1.16. The fourth-order valence-corrected chi connectivity index (χ4v) is 4.09. The zero-order valence-electron chi connectivity index (χ0n) is 16.5. The number of nitrogens with zero attached hydrogens (tertiary/aromatic N) is 2. The summed E-state index contributed by atoms with van der Waals surface area (Å²) in [5.41, 5.74) is 2.11. The Morgan fingerprint density at radius 2 is 1.97 bits per heavy atom. The third-order valence-corrected chi connectivity index (χ3v) is 5.84. The van der Waals surface area contributed by atoms with Crippen molar-refractivity contribution in [3.05, 3.63) is 59.9 Å². The molecule has 6 nitrogen and oxygen atoms in total. The van der Waals surface area contributed by atoms with Gasteiger partial charge in [0.15, 0.2) is 6.10 Å². The Hall–Kier alpha value is -2.89. The molecular formula is C23H27N3O3. The van der Waals surface area contributed by atoms with E-state index < -0.39 is 0 Å². The third-order valence-electron chi connectivity index (χ3n) is 5.84. The number of carbonyl (C=O) groups is 2. The van der Waals surface area contributed by atoms with Gasteiger partial charge in [0, 0.05) is 44.9 Å². The predicted octanol–water partition coefficient (Wildman–Crippen LogP) is 2.72. The van der Waals surface area contributed by atoms with Crippen molar-refractivity contribution in [1.82, 2.24) is 15.2 Å². The van der Waals surface area contributed by atoms with Crippen molar-refractivity contribution in [2.75, 3.05) is 13.1 Å². The van der Waals surface area contributed by atoms with E-state index in [9.17, 15) is 9.59 Å². The molecule has 1 N–H and O–H groups in total. The topological polar surface area (TPSA) is 71.5 Å². The zero-order valence-corrected chi connectivity index (χ0v) is 16.5. The maximum Gasteiger partial charge on any atom is 0.263 e. The number of fused-ring (bicyclic) bond motifs is 1. The Bertz CT molecular complexity index is 822. The normalized spacial score (nSPS) is 18.8. The van der Waals surface area contributed by atoms with Crippen LogP contribution in [-0.4, -0.2) is 40.9 Å². The molecule has 0 aliphatic carbocycles. The van der Waals surface area contributed by atoms with Crippen LogP contribution in [-0.2, 0) is 22.6 Å². The van der Waals surface area contributed by atoms with Gasteiger partial charge in [0.25, 0.3) is 5.91 Å². The van der Waals surface area contributed by atoms with Crippen molar-refractivity contribution < 1.29 is 14.3 Å². The second kappa shape index (κ2) is 9.07. The maximum atomic E-state index is 12.8. The summed E-state index contributed by atoms with van der Waals surface area (Å²) in [6.07, 6.45) is 7.04. The van der Waals surface area contributed by atoms with E-state index in [1.807, 2.05) is 41.3 Å². The molecule has 0 spiro atoms. The molecule has 2 aliphatic rings. The van der Waals surface area contributed by atoms with Crippen molar-refractivity contribution in [1.29, 1.82) is 0 Å². The molecule has 1 atom stereocenters. The molecule has 1 unspecified atom stereocenters. The quantitative estimate of drug-likeness (QED) is 0.819. The number of likely N-dealkylation sites (tertiary alicyclic amines) is 1. The number of para-hydroxylation sites is 1. The highest BCUT2D eigenvalue weighted by Gasteiger charge is 2.33. The van der Waals surface area contributed by atoms with Gasteiger partial charge in [-0.05, 0) is 48.4 Å². The monoisotopic (exact) mass is 393 g/mol. The number of amides is 2. The molecule has 0 radical (unpaired) electrons. The molecule has 1 fully saturated rings. The van der Waals surface area contributed by atoms with Crippen LogP contribution in [0.4, 0.5) is 0 Å². The van der Waals surface area contributed by atoms with Crippen LogP contribution in [0.2, 0.25) is 0 Å². The highest BCUT2D eigenvalue weighted by molar-refractivity contribution is 5.82.